The van der Waals surface area contributed by atoms with E-state index in [1.54, 1.807) is 36.0 Å². The van der Waals surface area contributed by atoms with E-state index in [0.29, 0.717) is 16.6 Å². The SMILES string of the molecule is CC(C)Sc1ccc(C(=O)NC(CO)c2ccco2)cc1. The van der Waals surface area contributed by atoms with Crippen molar-refractivity contribution < 1.29 is 14.3 Å². The van der Waals surface area contributed by atoms with Crippen LogP contribution in [0.3, 0.4) is 0 Å². The largest absolute Gasteiger partial charge is 0.467 e. The van der Waals surface area contributed by atoms with E-state index in [1.165, 1.54) is 6.26 Å². The lowest BCUT2D eigenvalue weighted by Gasteiger charge is -2.14. The maximum atomic E-state index is 12.2. The van der Waals surface area contributed by atoms with Crippen LogP contribution in [-0.2, 0) is 0 Å². The molecule has 1 atom stereocenters. The van der Waals surface area contributed by atoms with Crippen LogP contribution >= 0.6 is 11.8 Å². The molecule has 0 aliphatic rings. The van der Waals surface area contributed by atoms with Crippen molar-refractivity contribution in [3.8, 4) is 0 Å². The van der Waals surface area contributed by atoms with Gasteiger partial charge in [-0.15, -0.1) is 11.8 Å². The molecule has 2 aromatic rings. The molecule has 2 rings (SSSR count). The molecule has 0 aliphatic carbocycles. The van der Waals surface area contributed by atoms with Crippen molar-refractivity contribution in [2.45, 2.75) is 30.0 Å². The lowest BCUT2D eigenvalue weighted by molar-refractivity contribution is 0.0907. The molecule has 1 amide bonds. The van der Waals surface area contributed by atoms with E-state index in [1.807, 2.05) is 12.1 Å². The number of carbonyl (C=O) groups excluding carboxylic acids is 1. The average molecular weight is 305 g/mol. The number of aliphatic hydroxyl groups is 1. The van der Waals surface area contributed by atoms with Crippen molar-refractivity contribution in [1.29, 1.82) is 0 Å². The summed E-state index contributed by atoms with van der Waals surface area (Å²) in [5, 5.41) is 12.6. The zero-order chi connectivity index (χ0) is 15.2. The summed E-state index contributed by atoms with van der Waals surface area (Å²) in [7, 11) is 0. The first-order valence-electron chi connectivity index (χ1n) is 6.82. The standard InChI is InChI=1S/C16H19NO3S/c1-11(2)21-13-7-5-12(6-8-13)16(19)17-14(10-18)15-4-3-9-20-15/h3-9,11,14,18H,10H2,1-2H3,(H,17,19). The van der Waals surface area contributed by atoms with Crippen LogP contribution in [0.15, 0.2) is 52.0 Å². The number of benzene rings is 1. The highest BCUT2D eigenvalue weighted by molar-refractivity contribution is 7.99. The highest BCUT2D eigenvalue weighted by atomic mass is 32.2. The Morgan fingerprint density at radius 2 is 2.00 bits per heavy atom. The maximum Gasteiger partial charge on any atom is 0.251 e. The van der Waals surface area contributed by atoms with E-state index in [-0.39, 0.29) is 12.5 Å². The van der Waals surface area contributed by atoms with Gasteiger partial charge < -0.3 is 14.8 Å². The Morgan fingerprint density at radius 1 is 1.29 bits per heavy atom. The van der Waals surface area contributed by atoms with Gasteiger partial charge in [0.25, 0.3) is 5.91 Å². The molecule has 5 heteroatoms. The minimum atomic E-state index is -0.530. The van der Waals surface area contributed by atoms with Crippen LogP contribution in [0.4, 0.5) is 0 Å². The Balaban J connectivity index is 2.02. The van der Waals surface area contributed by atoms with Gasteiger partial charge in [-0.2, -0.15) is 0 Å². The zero-order valence-electron chi connectivity index (χ0n) is 12.1. The molecule has 21 heavy (non-hydrogen) atoms. The number of hydrogen-bond acceptors (Lipinski definition) is 4. The molecule has 1 aromatic heterocycles. The van der Waals surface area contributed by atoms with Crippen LogP contribution < -0.4 is 5.32 Å². The topological polar surface area (TPSA) is 62.5 Å². The van der Waals surface area contributed by atoms with Gasteiger partial charge in [0.15, 0.2) is 0 Å². The monoisotopic (exact) mass is 305 g/mol. The van der Waals surface area contributed by atoms with E-state index in [2.05, 4.69) is 19.2 Å². The molecule has 1 heterocycles. The number of carbonyl (C=O) groups is 1. The number of nitrogens with one attached hydrogen (secondary N) is 1. The van der Waals surface area contributed by atoms with Gasteiger partial charge in [-0.1, -0.05) is 13.8 Å². The molecule has 0 spiro atoms. The molecule has 0 bridgehead atoms. The number of rotatable bonds is 6. The fourth-order valence-corrected chi connectivity index (χ4v) is 2.73. The Morgan fingerprint density at radius 3 is 2.52 bits per heavy atom. The Labute approximate surface area is 128 Å². The Kier molecular flexibility index (Phi) is 5.47. The van der Waals surface area contributed by atoms with Crippen LogP contribution in [0.25, 0.3) is 0 Å². The van der Waals surface area contributed by atoms with Crippen molar-refractivity contribution >= 4 is 17.7 Å². The second-order valence-corrected chi connectivity index (χ2v) is 6.56. The first-order valence-corrected chi connectivity index (χ1v) is 7.70. The van der Waals surface area contributed by atoms with Crippen molar-refractivity contribution in [1.82, 2.24) is 5.32 Å². The molecule has 0 fully saturated rings. The quantitative estimate of drug-likeness (QED) is 0.804. The van der Waals surface area contributed by atoms with Gasteiger partial charge in [0.05, 0.1) is 12.9 Å². The van der Waals surface area contributed by atoms with Gasteiger partial charge >= 0.3 is 0 Å². The van der Waals surface area contributed by atoms with E-state index >= 15 is 0 Å². The van der Waals surface area contributed by atoms with Crippen molar-refractivity contribution in [2.24, 2.45) is 0 Å². The Hall–Kier alpha value is -1.72. The highest BCUT2D eigenvalue weighted by Crippen LogP contribution is 2.23. The minimum absolute atomic E-state index is 0.208. The molecule has 2 N–H and O–H groups in total. The number of furan rings is 1. The predicted molar refractivity (Wildman–Crippen MR) is 83.4 cm³/mol. The molecule has 4 nitrogen and oxygen atoms in total. The zero-order valence-corrected chi connectivity index (χ0v) is 12.9. The third-order valence-corrected chi connectivity index (χ3v) is 3.88. The molecular formula is C16H19NO3S. The summed E-state index contributed by atoms with van der Waals surface area (Å²) >= 11 is 1.75. The second kappa shape index (κ2) is 7.33. The average Bonchev–Trinajstić information content (AvgIpc) is 2.98. The lowest BCUT2D eigenvalue weighted by Crippen LogP contribution is -2.30. The molecule has 1 unspecified atom stereocenters. The Bertz CT molecular complexity index is 564. The molecule has 0 saturated heterocycles. The highest BCUT2D eigenvalue weighted by Gasteiger charge is 2.17. The van der Waals surface area contributed by atoms with Crippen molar-refractivity contribution in [2.75, 3.05) is 6.61 Å². The summed E-state index contributed by atoms with van der Waals surface area (Å²) in [5.41, 5.74) is 0.563. The molecule has 0 saturated carbocycles. The van der Waals surface area contributed by atoms with E-state index in [9.17, 15) is 9.90 Å². The van der Waals surface area contributed by atoms with Crippen LogP contribution in [0.5, 0.6) is 0 Å². The summed E-state index contributed by atoms with van der Waals surface area (Å²) in [5.74, 6) is 0.310. The van der Waals surface area contributed by atoms with Crippen LogP contribution in [0, 0.1) is 0 Å². The molecule has 112 valence electrons. The molecule has 1 aromatic carbocycles. The molecular weight excluding hydrogens is 286 g/mol. The molecule has 0 radical (unpaired) electrons. The first kappa shape index (κ1) is 15.7. The fraction of sp³-hybridized carbons (Fsp3) is 0.312. The van der Waals surface area contributed by atoms with Gasteiger partial charge in [-0.25, -0.2) is 0 Å². The number of aliphatic hydroxyl groups excluding tert-OH is 1. The summed E-state index contributed by atoms with van der Waals surface area (Å²) in [4.78, 5) is 13.3. The van der Waals surface area contributed by atoms with Gasteiger partial charge in [0.1, 0.15) is 11.8 Å². The maximum absolute atomic E-state index is 12.2. The van der Waals surface area contributed by atoms with Gasteiger partial charge in [0.2, 0.25) is 0 Å². The summed E-state index contributed by atoms with van der Waals surface area (Å²) in [6.07, 6.45) is 1.52. The normalized spacial score (nSPS) is 12.4. The summed E-state index contributed by atoms with van der Waals surface area (Å²) < 4.78 is 5.21. The number of thioether (sulfide) groups is 1. The number of amides is 1. The smallest absolute Gasteiger partial charge is 0.251 e. The molecule has 0 aliphatic heterocycles. The van der Waals surface area contributed by atoms with Gasteiger partial charge in [-0.05, 0) is 36.4 Å². The fourth-order valence-electron chi connectivity index (χ4n) is 1.89. The van der Waals surface area contributed by atoms with Gasteiger partial charge in [-0.3, -0.25) is 4.79 Å². The summed E-state index contributed by atoms with van der Waals surface area (Å²) in [6.45, 7) is 4.04. The summed E-state index contributed by atoms with van der Waals surface area (Å²) in [6, 6.07) is 10.4. The van der Waals surface area contributed by atoms with Crippen LogP contribution in [0.1, 0.15) is 36.0 Å². The van der Waals surface area contributed by atoms with Gasteiger partial charge in [0, 0.05) is 15.7 Å². The first-order chi connectivity index (χ1) is 10.1. The second-order valence-electron chi connectivity index (χ2n) is 4.92. The minimum Gasteiger partial charge on any atom is -0.467 e. The van der Waals surface area contributed by atoms with E-state index in [4.69, 9.17) is 4.42 Å². The van der Waals surface area contributed by atoms with Crippen LogP contribution in [-0.4, -0.2) is 22.9 Å². The lowest BCUT2D eigenvalue weighted by atomic mass is 10.2. The third-order valence-electron chi connectivity index (χ3n) is 2.86. The van der Waals surface area contributed by atoms with E-state index in [0.717, 1.165) is 4.90 Å². The van der Waals surface area contributed by atoms with E-state index < -0.39 is 6.04 Å². The predicted octanol–water partition coefficient (Wildman–Crippen LogP) is 3.24. The third kappa shape index (κ3) is 4.37. The number of hydrogen-bond donors (Lipinski definition) is 2. The van der Waals surface area contributed by atoms with Crippen LogP contribution in [0.2, 0.25) is 0 Å². The van der Waals surface area contributed by atoms with Crippen molar-refractivity contribution in [3.63, 3.8) is 0 Å². The van der Waals surface area contributed by atoms with Crippen molar-refractivity contribution in [3.05, 3.63) is 54.0 Å².